The number of benzene rings is 1. The van der Waals surface area contributed by atoms with Gasteiger partial charge in [0.05, 0.1) is 4.88 Å². The summed E-state index contributed by atoms with van der Waals surface area (Å²) in [5.41, 5.74) is 7.93. The van der Waals surface area contributed by atoms with Gasteiger partial charge in [-0.15, -0.1) is 23.7 Å². The molecule has 0 saturated heterocycles. The van der Waals surface area contributed by atoms with E-state index in [1.807, 2.05) is 48.2 Å². The van der Waals surface area contributed by atoms with Gasteiger partial charge in [-0.3, -0.25) is 4.79 Å². The molecule has 0 spiro atoms. The number of carbonyl (C=O) groups is 1. The van der Waals surface area contributed by atoms with Crippen molar-refractivity contribution in [3.05, 3.63) is 57.3 Å². The third-order valence-electron chi connectivity index (χ3n) is 3.51. The molecule has 0 saturated carbocycles. The lowest BCUT2D eigenvalue weighted by atomic mass is 10.2. The zero-order valence-corrected chi connectivity index (χ0v) is 14.7. The van der Waals surface area contributed by atoms with Crippen molar-refractivity contribution < 1.29 is 4.79 Å². The van der Waals surface area contributed by atoms with E-state index in [1.165, 1.54) is 10.4 Å². The van der Waals surface area contributed by atoms with Crippen molar-refractivity contribution >= 4 is 29.7 Å². The van der Waals surface area contributed by atoms with Crippen LogP contribution in [0.3, 0.4) is 0 Å². The predicted octanol–water partition coefficient (Wildman–Crippen LogP) is 3.78. The van der Waals surface area contributed by atoms with E-state index in [9.17, 15) is 4.79 Å². The minimum absolute atomic E-state index is 0. The summed E-state index contributed by atoms with van der Waals surface area (Å²) in [6.07, 6.45) is 0.821. The smallest absolute Gasteiger partial charge is 0.264 e. The summed E-state index contributed by atoms with van der Waals surface area (Å²) in [6, 6.07) is 12.1. The third kappa shape index (κ3) is 4.83. The van der Waals surface area contributed by atoms with Crippen LogP contribution in [-0.2, 0) is 6.54 Å². The van der Waals surface area contributed by atoms with Gasteiger partial charge in [0.2, 0.25) is 0 Å². The van der Waals surface area contributed by atoms with E-state index in [0.717, 1.165) is 16.9 Å². The number of thiophene rings is 1. The normalized spacial score (nSPS) is 10.1. The fourth-order valence-electron chi connectivity index (χ4n) is 2.17. The first-order chi connectivity index (χ1) is 10.1. The Kier molecular flexibility index (Phi) is 7.59. The van der Waals surface area contributed by atoms with Gasteiger partial charge < -0.3 is 10.6 Å². The zero-order chi connectivity index (χ0) is 15.2. The molecule has 22 heavy (non-hydrogen) atoms. The molecule has 1 amide bonds. The Morgan fingerprint density at radius 3 is 2.45 bits per heavy atom. The number of nitrogens with two attached hydrogens (primary N) is 1. The highest BCUT2D eigenvalue weighted by Gasteiger charge is 2.18. The minimum atomic E-state index is 0. The standard InChI is InChI=1S/C17H22N2OS.ClH/c1-13-11-16(21-14(13)2)17(20)19(10-6-9-18)12-15-7-4-3-5-8-15;/h3-5,7-8,11H,6,9-10,12,18H2,1-2H3;1H. The second-order valence-electron chi connectivity index (χ2n) is 5.20. The SMILES string of the molecule is Cc1cc(C(=O)N(CCCN)Cc2ccccc2)sc1C.Cl. The van der Waals surface area contributed by atoms with Crippen LogP contribution in [0.5, 0.6) is 0 Å². The van der Waals surface area contributed by atoms with Crippen molar-refractivity contribution in [2.24, 2.45) is 5.73 Å². The van der Waals surface area contributed by atoms with E-state index in [4.69, 9.17) is 5.73 Å². The van der Waals surface area contributed by atoms with Gasteiger partial charge in [0.15, 0.2) is 0 Å². The van der Waals surface area contributed by atoms with Crippen LogP contribution in [0.2, 0.25) is 0 Å². The van der Waals surface area contributed by atoms with Crippen LogP contribution in [0.25, 0.3) is 0 Å². The molecule has 0 aliphatic heterocycles. The molecule has 1 heterocycles. The molecule has 5 heteroatoms. The first kappa shape index (κ1) is 18.7. The number of nitrogens with zero attached hydrogens (tertiary/aromatic N) is 1. The summed E-state index contributed by atoms with van der Waals surface area (Å²) in [7, 11) is 0. The molecule has 0 atom stereocenters. The molecule has 2 N–H and O–H groups in total. The Hall–Kier alpha value is -1.36. The summed E-state index contributed by atoms with van der Waals surface area (Å²) < 4.78 is 0. The largest absolute Gasteiger partial charge is 0.334 e. The molecule has 0 aliphatic rings. The number of rotatable bonds is 6. The second kappa shape index (κ2) is 8.93. The Morgan fingerprint density at radius 1 is 1.23 bits per heavy atom. The molecule has 0 unspecified atom stereocenters. The average Bonchev–Trinajstić information content (AvgIpc) is 2.83. The summed E-state index contributed by atoms with van der Waals surface area (Å²) in [5, 5.41) is 0. The van der Waals surface area contributed by atoms with Gasteiger partial charge in [-0.25, -0.2) is 0 Å². The van der Waals surface area contributed by atoms with E-state index in [2.05, 4.69) is 6.92 Å². The first-order valence-corrected chi connectivity index (χ1v) is 8.03. The molecule has 0 radical (unpaired) electrons. The topological polar surface area (TPSA) is 46.3 Å². The Bertz CT molecular complexity index is 578. The lowest BCUT2D eigenvalue weighted by Crippen LogP contribution is -2.32. The lowest BCUT2D eigenvalue weighted by molar-refractivity contribution is 0.0747. The second-order valence-corrected chi connectivity index (χ2v) is 6.46. The number of hydrogen-bond donors (Lipinski definition) is 1. The Balaban J connectivity index is 0.00000242. The van der Waals surface area contributed by atoms with Crippen LogP contribution in [0.4, 0.5) is 0 Å². The van der Waals surface area contributed by atoms with Crippen molar-refractivity contribution in [3.8, 4) is 0 Å². The van der Waals surface area contributed by atoms with Crippen molar-refractivity contribution in [1.82, 2.24) is 4.90 Å². The summed E-state index contributed by atoms with van der Waals surface area (Å²) in [4.78, 5) is 16.6. The maximum absolute atomic E-state index is 12.7. The highest BCUT2D eigenvalue weighted by atomic mass is 35.5. The highest BCUT2D eigenvalue weighted by Crippen LogP contribution is 2.23. The lowest BCUT2D eigenvalue weighted by Gasteiger charge is -2.22. The van der Waals surface area contributed by atoms with Crippen LogP contribution in [0, 0.1) is 13.8 Å². The molecule has 1 aromatic heterocycles. The fourth-order valence-corrected chi connectivity index (χ4v) is 3.17. The van der Waals surface area contributed by atoms with Crippen LogP contribution in [0.15, 0.2) is 36.4 Å². The van der Waals surface area contributed by atoms with Crippen molar-refractivity contribution in [3.63, 3.8) is 0 Å². The number of amides is 1. The summed E-state index contributed by atoms with van der Waals surface area (Å²) in [5.74, 6) is 0.105. The molecular weight excluding hydrogens is 316 g/mol. The molecule has 2 aromatic rings. The molecule has 0 fully saturated rings. The molecule has 1 aromatic carbocycles. The van der Waals surface area contributed by atoms with Gasteiger partial charge in [0.25, 0.3) is 5.91 Å². The number of halogens is 1. The first-order valence-electron chi connectivity index (χ1n) is 7.22. The van der Waals surface area contributed by atoms with E-state index >= 15 is 0 Å². The van der Waals surface area contributed by atoms with Crippen LogP contribution >= 0.6 is 23.7 Å². The monoisotopic (exact) mass is 338 g/mol. The summed E-state index contributed by atoms with van der Waals surface area (Å²) >= 11 is 1.57. The quantitative estimate of drug-likeness (QED) is 0.871. The van der Waals surface area contributed by atoms with Gasteiger partial charge in [0.1, 0.15) is 0 Å². The van der Waals surface area contributed by atoms with Crippen LogP contribution < -0.4 is 5.73 Å². The van der Waals surface area contributed by atoms with Crippen LogP contribution in [0.1, 0.15) is 32.1 Å². The van der Waals surface area contributed by atoms with Gasteiger partial charge >= 0.3 is 0 Å². The molecule has 0 bridgehead atoms. The van der Waals surface area contributed by atoms with Crippen LogP contribution in [-0.4, -0.2) is 23.9 Å². The Labute approximate surface area is 142 Å². The van der Waals surface area contributed by atoms with E-state index < -0.39 is 0 Å². The van der Waals surface area contributed by atoms with E-state index in [-0.39, 0.29) is 18.3 Å². The fraction of sp³-hybridized carbons (Fsp3) is 0.353. The molecule has 2 rings (SSSR count). The van der Waals surface area contributed by atoms with Gasteiger partial charge in [-0.05, 0) is 44.0 Å². The van der Waals surface area contributed by atoms with Gasteiger partial charge in [-0.2, -0.15) is 0 Å². The van der Waals surface area contributed by atoms with Crippen molar-refractivity contribution in [1.29, 1.82) is 0 Å². The van der Waals surface area contributed by atoms with E-state index in [0.29, 0.717) is 19.6 Å². The summed E-state index contributed by atoms with van der Waals surface area (Å²) in [6.45, 7) is 6.03. The maximum atomic E-state index is 12.7. The molecule has 120 valence electrons. The van der Waals surface area contributed by atoms with E-state index in [1.54, 1.807) is 11.3 Å². The number of hydrogen-bond acceptors (Lipinski definition) is 3. The third-order valence-corrected chi connectivity index (χ3v) is 4.65. The van der Waals surface area contributed by atoms with Crippen molar-refractivity contribution in [2.75, 3.05) is 13.1 Å². The molecular formula is C17H23ClN2OS. The number of carbonyl (C=O) groups excluding carboxylic acids is 1. The maximum Gasteiger partial charge on any atom is 0.264 e. The predicted molar refractivity (Wildman–Crippen MR) is 95.9 cm³/mol. The van der Waals surface area contributed by atoms with Crippen molar-refractivity contribution in [2.45, 2.75) is 26.8 Å². The highest BCUT2D eigenvalue weighted by molar-refractivity contribution is 7.14. The van der Waals surface area contributed by atoms with Gasteiger partial charge in [0, 0.05) is 18.0 Å². The zero-order valence-electron chi connectivity index (χ0n) is 13.0. The molecule has 3 nitrogen and oxygen atoms in total. The molecule has 0 aliphatic carbocycles. The average molecular weight is 339 g/mol. The van der Waals surface area contributed by atoms with Gasteiger partial charge in [-0.1, -0.05) is 30.3 Å². The Morgan fingerprint density at radius 2 is 1.91 bits per heavy atom. The number of aryl methyl sites for hydroxylation is 2. The minimum Gasteiger partial charge on any atom is -0.334 e.